The first-order valence-corrected chi connectivity index (χ1v) is 3.49. The first kappa shape index (κ1) is 7.52. The van der Waals surface area contributed by atoms with Gasteiger partial charge in [-0.2, -0.15) is 5.26 Å². The monoisotopic (exact) mass is 140 g/mol. The molecule has 0 spiro atoms. The van der Waals surface area contributed by atoms with E-state index in [0.717, 1.165) is 19.7 Å². The van der Waals surface area contributed by atoms with Gasteiger partial charge in [0.1, 0.15) is 0 Å². The molecule has 1 rings (SSSR count). The Morgan fingerprint density at radius 1 is 1.70 bits per heavy atom. The smallest absolute Gasteiger partial charge is 0.0823 e. The van der Waals surface area contributed by atoms with Crippen LogP contribution in [0, 0.1) is 17.2 Å². The molecule has 1 saturated heterocycles. The van der Waals surface area contributed by atoms with Gasteiger partial charge in [-0.3, -0.25) is 0 Å². The van der Waals surface area contributed by atoms with Gasteiger partial charge in [0.15, 0.2) is 0 Å². The zero-order valence-electron chi connectivity index (χ0n) is 6.21. The minimum atomic E-state index is 0.0625. The number of likely N-dealkylation sites (N-methyl/N-ethyl adjacent to an activating group) is 1. The number of nitrogens with zero attached hydrogens (tertiary/aromatic N) is 2. The van der Waals surface area contributed by atoms with E-state index in [1.165, 1.54) is 0 Å². The fourth-order valence-electron chi connectivity index (χ4n) is 1.04. The van der Waals surface area contributed by atoms with E-state index in [0.29, 0.717) is 6.61 Å². The van der Waals surface area contributed by atoms with Gasteiger partial charge in [0.2, 0.25) is 0 Å². The van der Waals surface area contributed by atoms with Crippen molar-refractivity contribution in [2.45, 2.75) is 0 Å². The van der Waals surface area contributed by atoms with Gasteiger partial charge in [0.05, 0.1) is 25.2 Å². The molecule has 1 aliphatic heterocycles. The van der Waals surface area contributed by atoms with E-state index in [2.05, 4.69) is 11.0 Å². The van der Waals surface area contributed by atoms with Gasteiger partial charge < -0.3 is 9.64 Å². The van der Waals surface area contributed by atoms with Crippen LogP contribution in [0.15, 0.2) is 0 Å². The second kappa shape index (κ2) is 3.55. The lowest BCUT2D eigenvalue weighted by molar-refractivity contribution is 0.133. The lowest BCUT2D eigenvalue weighted by Gasteiger charge is -2.12. The molecule has 0 saturated carbocycles. The second-order valence-electron chi connectivity index (χ2n) is 2.66. The Morgan fingerprint density at radius 2 is 2.50 bits per heavy atom. The highest BCUT2D eigenvalue weighted by atomic mass is 16.5. The molecule has 0 radical (unpaired) electrons. The number of rotatable bonds is 0. The van der Waals surface area contributed by atoms with Crippen LogP contribution in [0.25, 0.3) is 0 Å². The summed E-state index contributed by atoms with van der Waals surface area (Å²) in [5.74, 6) is 0.0625. The summed E-state index contributed by atoms with van der Waals surface area (Å²) < 4.78 is 5.20. The minimum Gasteiger partial charge on any atom is -0.379 e. The molecule has 0 aromatic carbocycles. The average Bonchev–Trinajstić information content (AvgIpc) is 2.13. The summed E-state index contributed by atoms with van der Waals surface area (Å²) in [6, 6.07) is 2.21. The SMILES string of the molecule is CN1CCOCC(C#N)C1. The van der Waals surface area contributed by atoms with E-state index in [1.807, 2.05) is 7.05 Å². The van der Waals surface area contributed by atoms with Crippen molar-refractivity contribution in [2.75, 3.05) is 33.4 Å². The van der Waals surface area contributed by atoms with Crippen molar-refractivity contribution < 1.29 is 4.74 Å². The van der Waals surface area contributed by atoms with E-state index < -0.39 is 0 Å². The van der Waals surface area contributed by atoms with Crippen LogP contribution in [0.2, 0.25) is 0 Å². The Kier molecular flexibility index (Phi) is 2.67. The topological polar surface area (TPSA) is 36.3 Å². The summed E-state index contributed by atoms with van der Waals surface area (Å²) in [6.07, 6.45) is 0. The van der Waals surface area contributed by atoms with Gasteiger partial charge in [-0.25, -0.2) is 0 Å². The lowest BCUT2D eigenvalue weighted by atomic mass is 10.2. The normalized spacial score (nSPS) is 29.0. The molecule has 10 heavy (non-hydrogen) atoms. The van der Waals surface area contributed by atoms with Crippen molar-refractivity contribution in [3.8, 4) is 6.07 Å². The van der Waals surface area contributed by atoms with Crippen molar-refractivity contribution in [1.82, 2.24) is 4.90 Å². The summed E-state index contributed by atoms with van der Waals surface area (Å²) in [5.41, 5.74) is 0. The largest absolute Gasteiger partial charge is 0.379 e. The molecule has 0 aliphatic carbocycles. The maximum Gasteiger partial charge on any atom is 0.0823 e. The third kappa shape index (κ3) is 1.98. The molecule has 0 aromatic heterocycles. The van der Waals surface area contributed by atoms with Gasteiger partial charge in [-0.1, -0.05) is 0 Å². The first-order valence-electron chi connectivity index (χ1n) is 3.49. The second-order valence-corrected chi connectivity index (χ2v) is 2.66. The van der Waals surface area contributed by atoms with E-state index in [1.54, 1.807) is 0 Å². The molecule has 0 aromatic rings. The molecule has 56 valence electrons. The highest BCUT2D eigenvalue weighted by Crippen LogP contribution is 2.02. The molecule has 1 atom stereocenters. The van der Waals surface area contributed by atoms with E-state index in [4.69, 9.17) is 10.00 Å². The van der Waals surface area contributed by atoms with Crippen LogP contribution in [-0.2, 0) is 4.74 Å². The molecule has 1 fully saturated rings. The molecule has 1 heterocycles. The molecular formula is C7H12N2O. The molecule has 0 amide bonds. The fraction of sp³-hybridized carbons (Fsp3) is 0.857. The Bertz CT molecular complexity index is 141. The molecule has 3 nitrogen and oxygen atoms in total. The molecular weight excluding hydrogens is 128 g/mol. The zero-order chi connectivity index (χ0) is 7.40. The summed E-state index contributed by atoms with van der Waals surface area (Å²) in [5, 5.41) is 8.58. The summed E-state index contributed by atoms with van der Waals surface area (Å²) in [4.78, 5) is 2.13. The average molecular weight is 140 g/mol. The predicted molar refractivity (Wildman–Crippen MR) is 37.4 cm³/mol. The maximum atomic E-state index is 8.58. The molecule has 0 N–H and O–H groups in total. The molecule has 3 heteroatoms. The Morgan fingerprint density at radius 3 is 3.20 bits per heavy atom. The summed E-state index contributed by atoms with van der Waals surface area (Å²) in [7, 11) is 2.01. The third-order valence-electron chi connectivity index (χ3n) is 1.65. The molecule has 0 bridgehead atoms. The van der Waals surface area contributed by atoms with Gasteiger partial charge in [-0.15, -0.1) is 0 Å². The Balaban J connectivity index is 2.39. The summed E-state index contributed by atoms with van der Waals surface area (Å²) in [6.45, 7) is 3.14. The predicted octanol–water partition coefficient (Wildman–Crippen LogP) is 0.0882. The van der Waals surface area contributed by atoms with Gasteiger partial charge in [0, 0.05) is 13.1 Å². The highest BCUT2D eigenvalue weighted by Gasteiger charge is 2.14. The van der Waals surface area contributed by atoms with Crippen molar-refractivity contribution in [2.24, 2.45) is 5.92 Å². The molecule has 1 unspecified atom stereocenters. The number of hydrogen-bond donors (Lipinski definition) is 0. The third-order valence-corrected chi connectivity index (χ3v) is 1.65. The van der Waals surface area contributed by atoms with Crippen LogP contribution < -0.4 is 0 Å². The first-order chi connectivity index (χ1) is 4.83. The fourth-order valence-corrected chi connectivity index (χ4v) is 1.04. The standard InChI is InChI=1S/C7H12N2O/c1-9-2-3-10-6-7(4-8)5-9/h7H,2-3,5-6H2,1H3. The van der Waals surface area contributed by atoms with Crippen LogP contribution in [0.5, 0.6) is 0 Å². The van der Waals surface area contributed by atoms with Crippen molar-refractivity contribution in [1.29, 1.82) is 5.26 Å². The van der Waals surface area contributed by atoms with E-state index in [9.17, 15) is 0 Å². The Hall–Kier alpha value is -0.590. The van der Waals surface area contributed by atoms with Crippen LogP contribution >= 0.6 is 0 Å². The van der Waals surface area contributed by atoms with Gasteiger partial charge in [-0.05, 0) is 7.05 Å². The molecule has 1 aliphatic rings. The minimum absolute atomic E-state index is 0.0625. The number of nitriles is 1. The lowest BCUT2D eigenvalue weighted by Crippen LogP contribution is -2.24. The van der Waals surface area contributed by atoms with E-state index >= 15 is 0 Å². The van der Waals surface area contributed by atoms with Gasteiger partial charge >= 0.3 is 0 Å². The Labute approximate surface area is 61.2 Å². The summed E-state index contributed by atoms with van der Waals surface area (Å²) >= 11 is 0. The zero-order valence-corrected chi connectivity index (χ0v) is 6.21. The van der Waals surface area contributed by atoms with E-state index in [-0.39, 0.29) is 5.92 Å². The van der Waals surface area contributed by atoms with Crippen molar-refractivity contribution >= 4 is 0 Å². The van der Waals surface area contributed by atoms with Crippen molar-refractivity contribution in [3.05, 3.63) is 0 Å². The van der Waals surface area contributed by atoms with Crippen LogP contribution in [0.1, 0.15) is 0 Å². The maximum absolute atomic E-state index is 8.58. The quantitative estimate of drug-likeness (QED) is 0.478. The van der Waals surface area contributed by atoms with Crippen LogP contribution in [0.4, 0.5) is 0 Å². The van der Waals surface area contributed by atoms with Gasteiger partial charge in [0.25, 0.3) is 0 Å². The van der Waals surface area contributed by atoms with Crippen LogP contribution in [-0.4, -0.2) is 38.3 Å². The number of ether oxygens (including phenoxy) is 1. The number of hydrogen-bond acceptors (Lipinski definition) is 3. The van der Waals surface area contributed by atoms with Crippen LogP contribution in [0.3, 0.4) is 0 Å². The highest BCUT2D eigenvalue weighted by molar-refractivity contribution is 4.85. The van der Waals surface area contributed by atoms with Crippen molar-refractivity contribution in [3.63, 3.8) is 0 Å².